The second kappa shape index (κ2) is 6.19. The van der Waals surface area contributed by atoms with Gasteiger partial charge in [-0.15, -0.1) is 0 Å². The van der Waals surface area contributed by atoms with Crippen molar-refractivity contribution < 1.29 is 9.18 Å². The molecule has 0 aliphatic carbocycles. The van der Waals surface area contributed by atoms with Crippen molar-refractivity contribution in [3.8, 4) is 0 Å². The van der Waals surface area contributed by atoms with Crippen LogP contribution in [0.4, 0.5) is 10.1 Å². The van der Waals surface area contributed by atoms with Crippen LogP contribution in [0.5, 0.6) is 0 Å². The number of benzene rings is 2. The summed E-state index contributed by atoms with van der Waals surface area (Å²) in [7, 11) is 0. The van der Waals surface area contributed by atoms with E-state index in [9.17, 15) is 9.18 Å². The topological polar surface area (TPSA) is 55.1 Å². The van der Waals surface area contributed by atoms with Gasteiger partial charge in [-0.25, -0.2) is 4.39 Å². The van der Waals surface area contributed by atoms with Crippen molar-refractivity contribution in [1.29, 1.82) is 0 Å². The number of carbonyl (C=O) groups is 1. The number of rotatable bonds is 5. The van der Waals surface area contributed by atoms with E-state index in [4.69, 9.17) is 5.73 Å². The fourth-order valence-electron chi connectivity index (χ4n) is 2.08. The minimum absolute atomic E-state index is 0.0186. The maximum absolute atomic E-state index is 13.3. The molecule has 0 spiro atoms. The highest BCUT2D eigenvalue weighted by molar-refractivity contribution is 5.93. The molecular formula is C16H17FN2O. The van der Waals surface area contributed by atoms with Gasteiger partial charge in [0.05, 0.1) is 6.04 Å². The van der Waals surface area contributed by atoms with Crippen molar-refractivity contribution in [2.45, 2.75) is 19.4 Å². The molecule has 0 aromatic heterocycles. The molecule has 1 atom stereocenters. The summed E-state index contributed by atoms with van der Waals surface area (Å²) in [6.07, 6.45) is 0.820. The number of amides is 1. The maximum atomic E-state index is 13.3. The van der Waals surface area contributed by atoms with Crippen LogP contribution in [0.3, 0.4) is 0 Å². The highest BCUT2D eigenvalue weighted by Gasteiger charge is 2.10. The van der Waals surface area contributed by atoms with E-state index < -0.39 is 5.91 Å². The van der Waals surface area contributed by atoms with E-state index in [1.807, 2.05) is 13.0 Å². The fourth-order valence-corrected chi connectivity index (χ4v) is 2.08. The quantitative estimate of drug-likeness (QED) is 0.875. The zero-order valence-electron chi connectivity index (χ0n) is 11.3. The fraction of sp³-hybridized carbons (Fsp3) is 0.188. The zero-order valence-corrected chi connectivity index (χ0v) is 11.3. The van der Waals surface area contributed by atoms with E-state index in [1.54, 1.807) is 30.3 Å². The van der Waals surface area contributed by atoms with Crippen LogP contribution in [0.2, 0.25) is 0 Å². The number of hydrogen-bond acceptors (Lipinski definition) is 2. The largest absolute Gasteiger partial charge is 0.378 e. The molecule has 20 heavy (non-hydrogen) atoms. The number of hydrogen-bond donors (Lipinski definition) is 2. The van der Waals surface area contributed by atoms with Crippen molar-refractivity contribution in [3.63, 3.8) is 0 Å². The molecule has 0 aliphatic heterocycles. The number of carbonyl (C=O) groups excluding carboxylic acids is 1. The summed E-state index contributed by atoms with van der Waals surface area (Å²) in [5.41, 5.74) is 7.43. The predicted octanol–water partition coefficient (Wildman–Crippen LogP) is 3.49. The summed E-state index contributed by atoms with van der Waals surface area (Å²) < 4.78 is 13.3. The van der Waals surface area contributed by atoms with Crippen LogP contribution < -0.4 is 11.1 Å². The first-order valence-corrected chi connectivity index (χ1v) is 6.52. The second-order valence-electron chi connectivity index (χ2n) is 4.60. The first-order valence-electron chi connectivity index (χ1n) is 6.52. The monoisotopic (exact) mass is 272 g/mol. The first-order chi connectivity index (χ1) is 9.60. The van der Waals surface area contributed by atoms with Crippen LogP contribution in [0.15, 0.2) is 48.5 Å². The highest BCUT2D eigenvalue weighted by Crippen LogP contribution is 2.23. The lowest BCUT2D eigenvalue weighted by molar-refractivity contribution is 0.100. The SMILES string of the molecule is CCC(Nc1ccc(C(N)=O)cc1)c1cccc(F)c1. The lowest BCUT2D eigenvalue weighted by atomic mass is 10.0. The summed E-state index contributed by atoms with van der Waals surface area (Å²) in [5, 5.41) is 3.32. The molecule has 2 aromatic rings. The van der Waals surface area contributed by atoms with Gasteiger partial charge in [-0.1, -0.05) is 19.1 Å². The van der Waals surface area contributed by atoms with Gasteiger partial charge in [0, 0.05) is 11.3 Å². The van der Waals surface area contributed by atoms with Gasteiger partial charge in [-0.05, 0) is 48.4 Å². The normalized spacial score (nSPS) is 11.9. The standard InChI is InChI=1S/C16H17FN2O/c1-2-15(12-4-3-5-13(17)10-12)19-14-8-6-11(7-9-14)16(18)20/h3-10,15,19H,2H2,1H3,(H2,18,20). The Bertz CT molecular complexity index is 596. The third-order valence-corrected chi connectivity index (χ3v) is 3.17. The van der Waals surface area contributed by atoms with Crippen LogP contribution in [-0.2, 0) is 0 Å². The van der Waals surface area contributed by atoms with E-state index in [1.165, 1.54) is 12.1 Å². The third kappa shape index (κ3) is 3.35. The Balaban J connectivity index is 2.16. The Morgan fingerprint density at radius 2 is 1.95 bits per heavy atom. The van der Waals surface area contributed by atoms with Gasteiger partial charge in [-0.2, -0.15) is 0 Å². The van der Waals surface area contributed by atoms with Gasteiger partial charge >= 0.3 is 0 Å². The van der Waals surface area contributed by atoms with E-state index in [-0.39, 0.29) is 11.9 Å². The smallest absolute Gasteiger partial charge is 0.248 e. The molecule has 2 rings (SSSR count). The van der Waals surface area contributed by atoms with Gasteiger partial charge < -0.3 is 11.1 Å². The lowest BCUT2D eigenvalue weighted by Crippen LogP contribution is -2.12. The molecule has 0 heterocycles. The minimum atomic E-state index is -0.450. The van der Waals surface area contributed by atoms with Crippen LogP contribution in [0.1, 0.15) is 35.3 Å². The lowest BCUT2D eigenvalue weighted by Gasteiger charge is -2.19. The Kier molecular flexibility index (Phi) is 4.35. The van der Waals surface area contributed by atoms with Gasteiger partial charge in [0.2, 0.25) is 5.91 Å². The van der Waals surface area contributed by atoms with Gasteiger partial charge in [-0.3, -0.25) is 4.79 Å². The minimum Gasteiger partial charge on any atom is -0.378 e. The van der Waals surface area contributed by atoms with Crippen molar-refractivity contribution in [1.82, 2.24) is 0 Å². The van der Waals surface area contributed by atoms with Crippen molar-refractivity contribution >= 4 is 11.6 Å². The molecule has 1 unspecified atom stereocenters. The molecule has 0 bridgehead atoms. The van der Waals surface area contributed by atoms with Crippen molar-refractivity contribution in [2.24, 2.45) is 5.73 Å². The number of anilines is 1. The van der Waals surface area contributed by atoms with Crippen molar-refractivity contribution in [3.05, 3.63) is 65.5 Å². The number of nitrogens with two attached hydrogens (primary N) is 1. The molecule has 0 saturated heterocycles. The molecule has 1 amide bonds. The van der Waals surface area contributed by atoms with E-state index >= 15 is 0 Å². The van der Waals surface area contributed by atoms with E-state index in [0.29, 0.717) is 5.56 Å². The Morgan fingerprint density at radius 1 is 1.25 bits per heavy atom. The first kappa shape index (κ1) is 14.1. The molecule has 4 heteroatoms. The molecule has 3 N–H and O–H groups in total. The van der Waals surface area contributed by atoms with E-state index in [0.717, 1.165) is 17.7 Å². The van der Waals surface area contributed by atoms with Crippen LogP contribution in [0, 0.1) is 5.82 Å². The maximum Gasteiger partial charge on any atom is 0.248 e. The summed E-state index contributed by atoms with van der Waals surface area (Å²) in [6, 6.07) is 13.5. The molecule has 0 aliphatic rings. The average Bonchev–Trinajstić information content (AvgIpc) is 2.45. The molecule has 0 radical (unpaired) electrons. The molecule has 3 nitrogen and oxygen atoms in total. The van der Waals surface area contributed by atoms with Crippen molar-refractivity contribution in [2.75, 3.05) is 5.32 Å². The van der Waals surface area contributed by atoms with Gasteiger partial charge in [0.15, 0.2) is 0 Å². The molecule has 0 saturated carbocycles. The molecular weight excluding hydrogens is 255 g/mol. The molecule has 0 fully saturated rings. The summed E-state index contributed by atoms with van der Waals surface area (Å²) in [4.78, 5) is 11.0. The number of primary amides is 1. The third-order valence-electron chi connectivity index (χ3n) is 3.17. The molecule has 2 aromatic carbocycles. The Morgan fingerprint density at radius 3 is 2.50 bits per heavy atom. The zero-order chi connectivity index (χ0) is 14.5. The second-order valence-corrected chi connectivity index (χ2v) is 4.60. The summed E-state index contributed by atoms with van der Waals surface area (Å²) in [6.45, 7) is 2.03. The molecule has 104 valence electrons. The van der Waals surface area contributed by atoms with Crippen LogP contribution >= 0.6 is 0 Å². The average molecular weight is 272 g/mol. The number of nitrogens with one attached hydrogen (secondary N) is 1. The highest BCUT2D eigenvalue weighted by atomic mass is 19.1. The van der Waals surface area contributed by atoms with Crippen LogP contribution in [0.25, 0.3) is 0 Å². The Hall–Kier alpha value is -2.36. The van der Waals surface area contributed by atoms with Crippen LogP contribution in [-0.4, -0.2) is 5.91 Å². The Labute approximate surface area is 117 Å². The van der Waals surface area contributed by atoms with Gasteiger partial charge in [0.25, 0.3) is 0 Å². The number of halogens is 1. The summed E-state index contributed by atoms with van der Waals surface area (Å²) in [5.74, 6) is -0.694. The van der Waals surface area contributed by atoms with E-state index in [2.05, 4.69) is 5.32 Å². The van der Waals surface area contributed by atoms with Gasteiger partial charge in [0.1, 0.15) is 5.82 Å². The predicted molar refractivity (Wildman–Crippen MR) is 78.0 cm³/mol. The summed E-state index contributed by atoms with van der Waals surface area (Å²) >= 11 is 0.